The van der Waals surface area contributed by atoms with Gasteiger partial charge in [0, 0.05) is 37.2 Å². The minimum atomic E-state index is -0.237. The average molecular weight is 269 g/mol. The van der Waals surface area contributed by atoms with E-state index in [2.05, 4.69) is 25.2 Å². The number of aromatic nitrogens is 3. The SMILES string of the molecule is O=C(Nc1ccncc1)c1cc(N2CCCC2)ncn1. The highest BCUT2D eigenvalue weighted by molar-refractivity contribution is 6.03. The molecule has 1 aliphatic heterocycles. The van der Waals surface area contributed by atoms with Gasteiger partial charge in [0.2, 0.25) is 0 Å². The third-order valence-corrected chi connectivity index (χ3v) is 3.25. The number of hydrogen-bond acceptors (Lipinski definition) is 5. The van der Waals surface area contributed by atoms with Crippen LogP contribution in [-0.4, -0.2) is 33.9 Å². The van der Waals surface area contributed by atoms with E-state index in [0.29, 0.717) is 11.4 Å². The second-order valence-corrected chi connectivity index (χ2v) is 4.65. The van der Waals surface area contributed by atoms with Gasteiger partial charge in [-0.2, -0.15) is 0 Å². The van der Waals surface area contributed by atoms with Crippen molar-refractivity contribution in [1.29, 1.82) is 0 Å². The molecule has 0 radical (unpaired) electrons. The van der Waals surface area contributed by atoms with E-state index in [0.717, 1.165) is 18.9 Å². The number of anilines is 2. The van der Waals surface area contributed by atoms with Crippen molar-refractivity contribution < 1.29 is 4.79 Å². The monoisotopic (exact) mass is 269 g/mol. The Morgan fingerprint density at radius 1 is 1.15 bits per heavy atom. The van der Waals surface area contributed by atoms with Crippen molar-refractivity contribution in [2.75, 3.05) is 23.3 Å². The summed E-state index contributed by atoms with van der Waals surface area (Å²) in [6, 6.07) is 5.21. The first-order chi connectivity index (χ1) is 9.83. The quantitative estimate of drug-likeness (QED) is 0.918. The molecule has 0 atom stereocenters. The van der Waals surface area contributed by atoms with Crippen molar-refractivity contribution in [3.63, 3.8) is 0 Å². The first-order valence-electron chi connectivity index (χ1n) is 6.61. The second kappa shape index (κ2) is 5.64. The molecule has 0 aromatic carbocycles. The topological polar surface area (TPSA) is 71.0 Å². The molecule has 1 amide bonds. The molecule has 1 aliphatic rings. The highest BCUT2D eigenvalue weighted by Crippen LogP contribution is 2.18. The standard InChI is InChI=1S/C14H15N5O/c20-14(18-11-3-5-15-6-4-11)12-9-13(17-10-16-12)19-7-1-2-8-19/h3-6,9-10H,1-2,7-8H2,(H,15,18,20). The lowest BCUT2D eigenvalue weighted by Crippen LogP contribution is -2.21. The number of carbonyl (C=O) groups is 1. The van der Waals surface area contributed by atoms with E-state index in [1.165, 1.54) is 19.2 Å². The van der Waals surface area contributed by atoms with Crippen LogP contribution in [0.5, 0.6) is 0 Å². The third-order valence-electron chi connectivity index (χ3n) is 3.25. The van der Waals surface area contributed by atoms with Gasteiger partial charge < -0.3 is 10.2 Å². The van der Waals surface area contributed by atoms with Gasteiger partial charge in [-0.3, -0.25) is 9.78 Å². The number of amides is 1. The van der Waals surface area contributed by atoms with Crippen LogP contribution in [0.3, 0.4) is 0 Å². The molecule has 2 aromatic rings. The minimum Gasteiger partial charge on any atom is -0.357 e. The Labute approximate surface area is 116 Å². The van der Waals surface area contributed by atoms with Crippen LogP contribution in [0.25, 0.3) is 0 Å². The predicted molar refractivity (Wildman–Crippen MR) is 75.7 cm³/mol. The molecule has 1 saturated heterocycles. The van der Waals surface area contributed by atoms with Gasteiger partial charge in [-0.05, 0) is 25.0 Å². The molecule has 6 heteroatoms. The summed E-state index contributed by atoms with van der Waals surface area (Å²) < 4.78 is 0. The summed E-state index contributed by atoms with van der Waals surface area (Å²) >= 11 is 0. The first-order valence-corrected chi connectivity index (χ1v) is 6.61. The zero-order chi connectivity index (χ0) is 13.8. The maximum atomic E-state index is 12.1. The third kappa shape index (κ3) is 2.74. The van der Waals surface area contributed by atoms with E-state index >= 15 is 0 Å². The van der Waals surface area contributed by atoms with E-state index in [4.69, 9.17) is 0 Å². The van der Waals surface area contributed by atoms with Gasteiger partial charge in [-0.25, -0.2) is 9.97 Å². The maximum Gasteiger partial charge on any atom is 0.274 e. The lowest BCUT2D eigenvalue weighted by molar-refractivity contribution is 0.102. The van der Waals surface area contributed by atoms with Crippen molar-refractivity contribution in [2.24, 2.45) is 0 Å². The Morgan fingerprint density at radius 3 is 2.65 bits per heavy atom. The van der Waals surface area contributed by atoms with Gasteiger partial charge >= 0.3 is 0 Å². The number of carbonyl (C=O) groups excluding carboxylic acids is 1. The summed E-state index contributed by atoms with van der Waals surface area (Å²) in [6.45, 7) is 1.98. The van der Waals surface area contributed by atoms with Gasteiger partial charge in [0.15, 0.2) is 0 Å². The molecule has 0 spiro atoms. The zero-order valence-corrected chi connectivity index (χ0v) is 11.0. The van der Waals surface area contributed by atoms with Crippen molar-refractivity contribution in [1.82, 2.24) is 15.0 Å². The van der Waals surface area contributed by atoms with Crippen LogP contribution in [0.4, 0.5) is 11.5 Å². The Balaban J connectivity index is 1.76. The number of pyridine rings is 1. The van der Waals surface area contributed by atoms with Crippen LogP contribution in [0.15, 0.2) is 36.9 Å². The molecule has 0 unspecified atom stereocenters. The molecule has 1 fully saturated rings. The van der Waals surface area contributed by atoms with Gasteiger partial charge in [-0.1, -0.05) is 0 Å². The maximum absolute atomic E-state index is 12.1. The van der Waals surface area contributed by atoms with E-state index in [1.54, 1.807) is 30.6 Å². The largest absolute Gasteiger partial charge is 0.357 e. The summed E-state index contributed by atoms with van der Waals surface area (Å²) in [5.74, 6) is 0.580. The molecule has 2 aromatic heterocycles. The number of hydrogen-bond donors (Lipinski definition) is 1. The Morgan fingerprint density at radius 2 is 1.90 bits per heavy atom. The summed E-state index contributed by atoms with van der Waals surface area (Å²) in [5.41, 5.74) is 1.07. The molecule has 3 heterocycles. The minimum absolute atomic E-state index is 0.237. The normalized spacial score (nSPS) is 14.3. The smallest absolute Gasteiger partial charge is 0.274 e. The van der Waals surface area contributed by atoms with Crippen LogP contribution >= 0.6 is 0 Å². The fourth-order valence-corrected chi connectivity index (χ4v) is 2.22. The number of rotatable bonds is 3. The lowest BCUT2D eigenvalue weighted by Gasteiger charge is -2.16. The van der Waals surface area contributed by atoms with Crippen molar-refractivity contribution >= 4 is 17.4 Å². The highest BCUT2D eigenvalue weighted by Gasteiger charge is 2.16. The molecule has 102 valence electrons. The molecule has 6 nitrogen and oxygen atoms in total. The molecular weight excluding hydrogens is 254 g/mol. The first kappa shape index (κ1) is 12.5. The van der Waals surface area contributed by atoms with Crippen LogP contribution in [0, 0.1) is 0 Å². The average Bonchev–Trinajstić information content (AvgIpc) is 3.03. The van der Waals surface area contributed by atoms with E-state index in [9.17, 15) is 4.79 Å². The fraction of sp³-hybridized carbons (Fsp3) is 0.286. The summed E-state index contributed by atoms with van der Waals surface area (Å²) in [5, 5.41) is 2.79. The van der Waals surface area contributed by atoms with E-state index in [-0.39, 0.29) is 5.91 Å². The number of nitrogens with zero attached hydrogens (tertiary/aromatic N) is 4. The summed E-state index contributed by atoms with van der Waals surface area (Å²) in [6.07, 6.45) is 7.04. The lowest BCUT2D eigenvalue weighted by atomic mass is 10.3. The molecule has 0 bridgehead atoms. The number of nitrogens with one attached hydrogen (secondary N) is 1. The molecule has 20 heavy (non-hydrogen) atoms. The van der Waals surface area contributed by atoms with Gasteiger partial charge in [0.05, 0.1) is 0 Å². The van der Waals surface area contributed by atoms with E-state index in [1.807, 2.05) is 0 Å². The Hall–Kier alpha value is -2.50. The highest BCUT2D eigenvalue weighted by atomic mass is 16.1. The van der Waals surface area contributed by atoms with Gasteiger partial charge in [0.25, 0.3) is 5.91 Å². The van der Waals surface area contributed by atoms with E-state index < -0.39 is 0 Å². The molecule has 0 aliphatic carbocycles. The Kier molecular flexibility index (Phi) is 3.54. The van der Waals surface area contributed by atoms with Crippen molar-refractivity contribution in [2.45, 2.75) is 12.8 Å². The summed E-state index contributed by atoms with van der Waals surface area (Å²) in [4.78, 5) is 26.5. The molecule has 3 rings (SSSR count). The fourth-order valence-electron chi connectivity index (χ4n) is 2.22. The predicted octanol–water partition coefficient (Wildman–Crippen LogP) is 1.72. The zero-order valence-electron chi connectivity index (χ0n) is 11.0. The van der Waals surface area contributed by atoms with Gasteiger partial charge in [0.1, 0.15) is 17.8 Å². The van der Waals surface area contributed by atoms with Gasteiger partial charge in [-0.15, -0.1) is 0 Å². The van der Waals surface area contributed by atoms with Crippen molar-refractivity contribution in [3.05, 3.63) is 42.6 Å². The van der Waals surface area contributed by atoms with Crippen molar-refractivity contribution in [3.8, 4) is 0 Å². The molecule has 1 N–H and O–H groups in total. The van der Waals surface area contributed by atoms with Crippen LogP contribution in [0.2, 0.25) is 0 Å². The summed E-state index contributed by atoms with van der Waals surface area (Å²) in [7, 11) is 0. The Bertz CT molecular complexity index is 596. The van der Waals surface area contributed by atoms with Crippen LogP contribution in [-0.2, 0) is 0 Å². The second-order valence-electron chi connectivity index (χ2n) is 4.65. The van der Waals surface area contributed by atoms with Crippen LogP contribution < -0.4 is 10.2 Å². The molecule has 0 saturated carbocycles. The van der Waals surface area contributed by atoms with Crippen LogP contribution in [0.1, 0.15) is 23.3 Å². The molecular formula is C14H15N5O.